The molecular weight excluding hydrogens is 412 g/mol. The van der Waals surface area contributed by atoms with Crippen LogP contribution in [0.15, 0.2) is 23.8 Å². The van der Waals surface area contributed by atoms with Crippen LogP contribution in [0.2, 0.25) is 0 Å². The highest BCUT2D eigenvalue weighted by Crippen LogP contribution is 2.58. The molecule has 0 radical (unpaired) electrons. The highest BCUT2D eigenvalue weighted by molar-refractivity contribution is 5.81. The fourth-order valence-electron chi connectivity index (χ4n) is 4.95. The van der Waals surface area contributed by atoms with Crippen molar-refractivity contribution >= 4 is 5.97 Å². The van der Waals surface area contributed by atoms with Gasteiger partial charge in [-0.2, -0.15) is 0 Å². The van der Waals surface area contributed by atoms with Crippen molar-refractivity contribution in [3.05, 3.63) is 23.8 Å². The lowest BCUT2D eigenvalue weighted by atomic mass is 9.59. The van der Waals surface area contributed by atoms with Gasteiger partial charge in [0.1, 0.15) is 35.6 Å². The highest BCUT2D eigenvalue weighted by Gasteiger charge is 2.67. The number of fused-ring (bicyclic) bond motifs is 2. The van der Waals surface area contributed by atoms with Gasteiger partial charge in [-0.3, -0.25) is 0 Å². The standard InChI is InChI=1S/C21H32O10/c1-11(6-14(23)24)4-5-21(28)19(2)7-12(8-20(21,3)29-10-19)30-18-17(27)16(26)15(25)13(9-22)31-18/h4-6,12-13,15-18,22,25-28H,7-10H2,1-3H3,(H,23,24)/b5-4+,11-6-/t12-,13+,15+,16-,17+,18+,19+,20+,21-/m0/s1. The summed E-state index contributed by atoms with van der Waals surface area (Å²) in [6.07, 6.45) is -2.65. The molecule has 0 aromatic carbocycles. The number of rotatable bonds is 6. The van der Waals surface area contributed by atoms with Crippen LogP contribution in [0.3, 0.4) is 0 Å². The number of ether oxygens (including phenoxy) is 3. The number of carboxylic acid groups (broad SMARTS) is 1. The van der Waals surface area contributed by atoms with E-state index >= 15 is 0 Å². The molecule has 6 N–H and O–H groups in total. The van der Waals surface area contributed by atoms with Gasteiger partial charge < -0.3 is 44.8 Å². The molecule has 10 heteroatoms. The van der Waals surface area contributed by atoms with E-state index in [9.17, 15) is 30.3 Å². The third-order valence-corrected chi connectivity index (χ3v) is 6.84. The molecule has 31 heavy (non-hydrogen) atoms. The Bertz CT molecular complexity index is 728. The smallest absolute Gasteiger partial charge is 0.328 e. The van der Waals surface area contributed by atoms with E-state index in [1.165, 1.54) is 0 Å². The summed E-state index contributed by atoms with van der Waals surface area (Å²) in [5, 5.41) is 60.0. The summed E-state index contributed by atoms with van der Waals surface area (Å²) < 4.78 is 17.3. The number of hydrogen-bond acceptors (Lipinski definition) is 9. The first-order chi connectivity index (χ1) is 14.4. The van der Waals surface area contributed by atoms with E-state index in [-0.39, 0.29) is 13.0 Å². The van der Waals surface area contributed by atoms with E-state index in [4.69, 9.17) is 19.3 Å². The van der Waals surface area contributed by atoms with E-state index in [1.54, 1.807) is 26.0 Å². The van der Waals surface area contributed by atoms with Gasteiger partial charge in [0.25, 0.3) is 0 Å². The van der Waals surface area contributed by atoms with Crippen LogP contribution in [0.1, 0.15) is 33.6 Å². The molecule has 1 saturated carbocycles. The number of allylic oxidation sites excluding steroid dienone is 2. The predicted octanol–water partition coefficient (Wildman–Crippen LogP) is -0.921. The Morgan fingerprint density at radius 2 is 1.84 bits per heavy atom. The molecule has 1 aliphatic carbocycles. The van der Waals surface area contributed by atoms with E-state index < -0.39 is 66.0 Å². The molecular formula is C21H32O10. The SMILES string of the molecule is CC(=C/C(=O)O)/C=C/[C@]1(O)[C@@]2(C)CO[C@]1(C)C[C@@H](O[C@@H]1O[C@H](CO)[C@@H](O)[C@H](O)[C@H]1O)C2. The van der Waals surface area contributed by atoms with E-state index in [0.717, 1.165) is 6.08 Å². The Kier molecular flexibility index (Phi) is 6.68. The highest BCUT2D eigenvalue weighted by atomic mass is 16.7. The molecule has 0 amide bonds. The maximum atomic E-state index is 11.6. The lowest BCUT2D eigenvalue weighted by molar-refractivity contribution is -0.319. The van der Waals surface area contributed by atoms with Gasteiger partial charge in [0.05, 0.1) is 19.3 Å². The Hall–Kier alpha value is -1.37. The number of aliphatic hydroxyl groups excluding tert-OH is 4. The van der Waals surface area contributed by atoms with Crippen molar-refractivity contribution in [2.24, 2.45) is 5.41 Å². The lowest BCUT2D eigenvalue weighted by Crippen LogP contribution is -2.63. The second-order valence-corrected chi connectivity index (χ2v) is 9.27. The molecule has 0 aromatic rings. The molecule has 176 valence electrons. The van der Waals surface area contributed by atoms with Crippen molar-refractivity contribution in [3.8, 4) is 0 Å². The molecule has 3 rings (SSSR count). The van der Waals surface area contributed by atoms with Gasteiger partial charge in [0.15, 0.2) is 6.29 Å². The first kappa shape index (κ1) is 24.3. The zero-order valence-corrected chi connectivity index (χ0v) is 17.8. The molecule has 2 bridgehead atoms. The van der Waals surface area contributed by atoms with Crippen LogP contribution in [0.25, 0.3) is 0 Å². The molecule has 2 heterocycles. The number of carboxylic acids is 1. The second kappa shape index (κ2) is 8.53. The summed E-state index contributed by atoms with van der Waals surface area (Å²) in [7, 11) is 0. The molecule has 10 nitrogen and oxygen atoms in total. The quantitative estimate of drug-likeness (QED) is 0.223. The van der Waals surface area contributed by atoms with Crippen LogP contribution >= 0.6 is 0 Å². The van der Waals surface area contributed by atoms with Gasteiger partial charge >= 0.3 is 5.97 Å². The van der Waals surface area contributed by atoms with Crippen molar-refractivity contribution in [1.29, 1.82) is 0 Å². The average Bonchev–Trinajstić information content (AvgIpc) is 2.79. The van der Waals surface area contributed by atoms with Crippen molar-refractivity contribution in [3.63, 3.8) is 0 Å². The van der Waals surface area contributed by atoms with E-state index in [0.29, 0.717) is 12.0 Å². The van der Waals surface area contributed by atoms with Crippen molar-refractivity contribution in [2.75, 3.05) is 13.2 Å². The van der Waals surface area contributed by atoms with Crippen LogP contribution < -0.4 is 0 Å². The van der Waals surface area contributed by atoms with Gasteiger partial charge in [-0.25, -0.2) is 4.79 Å². The van der Waals surface area contributed by atoms with Crippen molar-refractivity contribution < 1.29 is 49.6 Å². The minimum atomic E-state index is -1.54. The Morgan fingerprint density at radius 3 is 2.42 bits per heavy atom. The van der Waals surface area contributed by atoms with Gasteiger partial charge in [-0.1, -0.05) is 13.0 Å². The van der Waals surface area contributed by atoms with Gasteiger partial charge in [-0.05, 0) is 31.9 Å². The van der Waals surface area contributed by atoms with Crippen LogP contribution in [0, 0.1) is 5.41 Å². The summed E-state index contributed by atoms with van der Waals surface area (Å²) in [6.45, 7) is 4.88. The van der Waals surface area contributed by atoms with Crippen LogP contribution in [-0.4, -0.2) is 97.8 Å². The maximum Gasteiger partial charge on any atom is 0.328 e. The zero-order valence-electron chi connectivity index (χ0n) is 17.8. The molecule has 2 aliphatic heterocycles. The van der Waals surface area contributed by atoms with Crippen LogP contribution in [-0.2, 0) is 19.0 Å². The van der Waals surface area contributed by atoms with Gasteiger partial charge in [0, 0.05) is 17.9 Å². The molecule has 0 unspecified atom stereocenters. The summed E-state index contributed by atoms with van der Waals surface area (Å²) in [6, 6.07) is 0. The van der Waals surface area contributed by atoms with Crippen molar-refractivity contribution in [1.82, 2.24) is 0 Å². The third kappa shape index (κ3) is 4.19. The van der Waals surface area contributed by atoms with Crippen LogP contribution in [0.4, 0.5) is 0 Å². The lowest BCUT2D eigenvalue weighted by Gasteiger charge is -2.51. The number of carbonyl (C=O) groups is 1. The topological polar surface area (TPSA) is 166 Å². The summed E-state index contributed by atoms with van der Waals surface area (Å²) in [5.74, 6) is -1.08. The molecule has 9 atom stereocenters. The third-order valence-electron chi connectivity index (χ3n) is 6.84. The van der Waals surface area contributed by atoms with Gasteiger partial charge in [-0.15, -0.1) is 0 Å². The molecule has 0 spiro atoms. The Morgan fingerprint density at radius 1 is 1.16 bits per heavy atom. The fourth-order valence-corrected chi connectivity index (χ4v) is 4.95. The van der Waals surface area contributed by atoms with E-state index in [2.05, 4.69) is 0 Å². The Balaban J connectivity index is 1.78. The predicted molar refractivity (Wildman–Crippen MR) is 106 cm³/mol. The second-order valence-electron chi connectivity index (χ2n) is 9.27. The normalized spacial score (nSPS) is 48.3. The largest absolute Gasteiger partial charge is 0.478 e. The van der Waals surface area contributed by atoms with E-state index in [1.807, 2.05) is 6.92 Å². The average molecular weight is 444 g/mol. The number of aliphatic hydroxyl groups is 5. The fraction of sp³-hybridized carbons (Fsp3) is 0.762. The number of aliphatic carboxylic acids is 1. The van der Waals surface area contributed by atoms with Crippen molar-refractivity contribution in [2.45, 2.75) is 81.6 Å². The molecule has 3 fully saturated rings. The zero-order chi connectivity index (χ0) is 23.2. The molecule has 0 aromatic heterocycles. The maximum absolute atomic E-state index is 11.6. The van der Waals surface area contributed by atoms with Gasteiger partial charge in [0.2, 0.25) is 0 Å². The monoisotopic (exact) mass is 444 g/mol. The number of hydrogen-bond donors (Lipinski definition) is 6. The first-order valence-electron chi connectivity index (χ1n) is 10.3. The molecule has 3 aliphatic rings. The van der Waals surface area contributed by atoms with Crippen LogP contribution in [0.5, 0.6) is 0 Å². The summed E-state index contributed by atoms with van der Waals surface area (Å²) in [4.78, 5) is 10.9. The summed E-state index contributed by atoms with van der Waals surface area (Å²) in [5.41, 5.74) is -2.77. The summed E-state index contributed by atoms with van der Waals surface area (Å²) >= 11 is 0. The first-order valence-corrected chi connectivity index (χ1v) is 10.3. The minimum absolute atomic E-state index is 0.236. The Labute approximate surface area is 180 Å². The minimum Gasteiger partial charge on any atom is -0.478 e. The molecule has 2 saturated heterocycles.